The Hall–Kier alpha value is -1.49. The van der Waals surface area contributed by atoms with Gasteiger partial charge in [0.25, 0.3) is 0 Å². The Labute approximate surface area is 104 Å². The zero-order valence-electron chi connectivity index (χ0n) is 9.83. The van der Waals surface area contributed by atoms with E-state index in [4.69, 9.17) is 12.2 Å². The van der Waals surface area contributed by atoms with E-state index in [1.807, 2.05) is 6.07 Å². The molecular formula is C12H14FN3S. The number of nitrogens with one attached hydrogen (secondary N) is 1. The van der Waals surface area contributed by atoms with Crippen molar-refractivity contribution in [3.05, 3.63) is 40.2 Å². The highest BCUT2D eigenvalue weighted by Gasteiger charge is 2.08. The van der Waals surface area contributed by atoms with Crippen LogP contribution < -0.4 is 0 Å². The van der Waals surface area contributed by atoms with Crippen molar-refractivity contribution in [2.45, 2.75) is 26.7 Å². The summed E-state index contributed by atoms with van der Waals surface area (Å²) in [7, 11) is 0. The van der Waals surface area contributed by atoms with Crippen LogP contribution in [0.1, 0.15) is 24.7 Å². The third kappa shape index (κ3) is 2.29. The van der Waals surface area contributed by atoms with Crippen LogP contribution in [0.3, 0.4) is 0 Å². The van der Waals surface area contributed by atoms with Crippen LogP contribution >= 0.6 is 12.2 Å². The van der Waals surface area contributed by atoms with Crippen molar-refractivity contribution < 1.29 is 4.39 Å². The van der Waals surface area contributed by atoms with Crippen LogP contribution in [0.2, 0.25) is 0 Å². The van der Waals surface area contributed by atoms with E-state index >= 15 is 0 Å². The van der Waals surface area contributed by atoms with E-state index < -0.39 is 0 Å². The summed E-state index contributed by atoms with van der Waals surface area (Å²) in [6, 6.07) is 5.08. The molecule has 0 aliphatic rings. The molecule has 0 fully saturated rings. The second kappa shape index (κ2) is 4.79. The number of nitrogens with zero attached hydrogens (tertiary/aromatic N) is 2. The minimum Gasteiger partial charge on any atom is -0.272 e. The molecule has 0 unspecified atom stereocenters. The first-order valence-electron chi connectivity index (χ1n) is 5.56. The fourth-order valence-electron chi connectivity index (χ4n) is 1.71. The van der Waals surface area contributed by atoms with Crippen molar-refractivity contribution in [3.63, 3.8) is 0 Å². The Morgan fingerprint density at radius 3 is 2.88 bits per heavy atom. The maximum absolute atomic E-state index is 13.5. The number of rotatable bonds is 3. The number of benzene rings is 1. The molecular weight excluding hydrogens is 237 g/mol. The monoisotopic (exact) mass is 251 g/mol. The fourth-order valence-corrected chi connectivity index (χ4v) is 1.96. The number of hydrogen-bond acceptors (Lipinski definition) is 2. The molecule has 90 valence electrons. The molecule has 0 aliphatic heterocycles. The van der Waals surface area contributed by atoms with Gasteiger partial charge < -0.3 is 0 Å². The van der Waals surface area contributed by atoms with Gasteiger partial charge in [-0.25, -0.2) is 4.39 Å². The van der Waals surface area contributed by atoms with Gasteiger partial charge in [-0.3, -0.25) is 9.67 Å². The van der Waals surface area contributed by atoms with Crippen LogP contribution in [-0.4, -0.2) is 14.8 Å². The number of aromatic amines is 1. The topological polar surface area (TPSA) is 33.6 Å². The first kappa shape index (κ1) is 12.0. The molecule has 2 rings (SSSR count). The Kier molecular flexibility index (Phi) is 3.38. The Balaban J connectivity index is 2.55. The van der Waals surface area contributed by atoms with Gasteiger partial charge in [0, 0.05) is 6.42 Å². The quantitative estimate of drug-likeness (QED) is 0.849. The first-order valence-corrected chi connectivity index (χ1v) is 5.97. The second-order valence-corrected chi connectivity index (χ2v) is 4.35. The van der Waals surface area contributed by atoms with E-state index in [9.17, 15) is 4.39 Å². The van der Waals surface area contributed by atoms with E-state index in [1.165, 1.54) is 6.07 Å². The van der Waals surface area contributed by atoms with Gasteiger partial charge in [-0.05, 0) is 43.3 Å². The van der Waals surface area contributed by atoms with Crippen molar-refractivity contribution in [2.24, 2.45) is 0 Å². The van der Waals surface area contributed by atoms with Crippen molar-refractivity contribution in [2.75, 3.05) is 0 Å². The molecule has 0 bridgehead atoms. The molecule has 1 heterocycles. The number of halogens is 1. The SMILES string of the molecule is CCCc1n[nH]c(=S)n1-c1ccc(C)c(F)c1. The van der Waals surface area contributed by atoms with E-state index in [1.54, 1.807) is 17.6 Å². The summed E-state index contributed by atoms with van der Waals surface area (Å²) in [6.45, 7) is 3.80. The summed E-state index contributed by atoms with van der Waals surface area (Å²) in [6.07, 6.45) is 1.77. The van der Waals surface area contributed by atoms with Gasteiger partial charge >= 0.3 is 0 Å². The normalized spacial score (nSPS) is 10.8. The van der Waals surface area contributed by atoms with E-state index in [2.05, 4.69) is 17.1 Å². The van der Waals surface area contributed by atoms with Gasteiger partial charge in [0.2, 0.25) is 0 Å². The molecule has 17 heavy (non-hydrogen) atoms. The summed E-state index contributed by atoms with van der Waals surface area (Å²) in [4.78, 5) is 0. The molecule has 0 saturated carbocycles. The van der Waals surface area contributed by atoms with Crippen LogP contribution in [0.25, 0.3) is 5.69 Å². The van der Waals surface area contributed by atoms with Crippen LogP contribution in [0.5, 0.6) is 0 Å². The van der Waals surface area contributed by atoms with Crippen molar-refractivity contribution in [3.8, 4) is 5.69 Å². The second-order valence-electron chi connectivity index (χ2n) is 3.96. The predicted octanol–water partition coefficient (Wildman–Crippen LogP) is 3.33. The molecule has 1 aromatic heterocycles. The lowest BCUT2D eigenvalue weighted by Gasteiger charge is -2.07. The zero-order valence-corrected chi connectivity index (χ0v) is 10.6. The summed E-state index contributed by atoms with van der Waals surface area (Å²) in [5, 5.41) is 6.91. The van der Waals surface area contributed by atoms with Gasteiger partial charge in [-0.2, -0.15) is 5.10 Å². The Bertz CT molecular complexity index is 586. The van der Waals surface area contributed by atoms with Crippen LogP contribution in [0, 0.1) is 17.5 Å². The molecule has 1 aromatic carbocycles. The lowest BCUT2D eigenvalue weighted by atomic mass is 10.2. The lowest BCUT2D eigenvalue weighted by molar-refractivity contribution is 0.616. The number of aromatic nitrogens is 3. The van der Waals surface area contributed by atoms with E-state index in [0.717, 1.165) is 24.4 Å². The number of hydrogen-bond donors (Lipinski definition) is 1. The summed E-state index contributed by atoms with van der Waals surface area (Å²) < 4.78 is 15.8. The highest BCUT2D eigenvalue weighted by Crippen LogP contribution is 2.16. The van der Waals surface area contributed by atoms with Crippen molar-refractivity contribution in [1.29, 1.82) is 0 Å². The van der Waals surface area contributed by atoms with E-state index in [0.29, 0.717) is 10.3 Å². The number of aryl methyl sites for hydroxylation is 2. The molecule has 0 spiro atoms. The minimum atomic E-state index is -0.229. The maximum Gasteiger partial charge on any atom is 0.199 e. The van der Waals surface area contributed by atoms with Gasteiger partial charge in [0.05, 0.1) is 5.69 Å². The predicted molar refractivity (Wildman–Crippen MR) is 67.4 cm³/mol. The summed E-state index contributed by atoms with van der Waals surface area (Å²) in [5.41, 5.74) is 1.34. The van der Waals surface area contributed by atoms with Crippen molar-refractivity contribution in [1.82, 2.24) is 14.8 Å². The first-order chi connectivity index (χ1) is 8.13. The van der Waals surface area contributed by atoms with Gasteiger partial charge in [-0.1, -0.05) is 13.0 Å². The Morgan fingerprint density at radius 1 is 1.47 bits per heavy atom. The molecule has 3 nitrogen and oxygen atoms in total. The largest absolute Gasteiger partial charge is 0.272 e. The average Bonchev–Trinajstić information content (AvgIpc) is 2.65. The van der Waals surface area contributed by atoms with Crippen molar-refractivity contribution >= 4 is 12.2 Å². The van der Waals surface area contributed by atoms with E-state index in [-0.39, 0.29) is 5.82 Å². The minimum absolute atomic E-state index is 0.229. The molecule has 0 saturated heterocycles. The lowest BCUT2D eigenvalue weighted by Crippen LogP contribution is -2.02. The fraction of sp³-hybridized carbons (Fsp3) is 0.333. The van der Waals surface area contributed by atoms with Gasteiger partial charge in [-0.15, -0.1) is 0 Å². The molecule has 0 aliphatic carbocycles. The summed E-state index contributed by atoms with van der Waals surface area (Å²) in [5.74, 6) is 0.605. The molecule has 5 heteroatoms. The molecule has 0 radical (unpaired) electrons. The smallest absolute Gasteiger partial charge is 0.199 e. The van der Waals surface area contributed by atoms with Crippen LogP contribution in [-0.2, 0) is 6.42 Å². The third-order valence-electron chi connectivity index (χ3n) is 2.63. The third-order valence-corrected chi connectivity index (χ3v) is 2.90. The molecule has 1 N–H and O–H groups in total. The molecule has 2 aromatic rings. The Morgan fingerprint density at radius 2 is 2.24 bits per heavy atom. The van der Waals surface area contributed by atoms with Crippen LogP contribution in [0.4, 0.5) is 4.39 Å². The molecule has 0 amide bonds. The maximum atomic E-state index is 13.5. The number of H-pyrrole nitrogens is 1. The highest BCUT2D eigenvalue weighted by molar-refractivity contribution is 7.71. The molecule has 0 atom stereocenters. The van der Waals surface area contributed by atoms with Gasteiger partial charge in [0.1, 0.15) is 11.6 Å². The standard InChI is InChI=1S/C12H14FN3S/c1-3-4-11-14-15-12(17)16(11)9-6-5-8(2)10(13)7-9/h5-7H,3-4H2,1-2H3,(H,15,17). The van der Waals surface area contributed by atoms with Crippen LogP contribution in [0.15, 0.2) is 18.2 Å². The van der Waals surface area contributed by atoms with Gasteiger partial charge in [0.15, 0.2) is 4.77 Å². The average molecular weight is 251 g/mol. The zero-order chi connectivity index (χ0) is 12.4. The summed E-state index contributed by atoms with van der Waals surface area (Å²) >= 11 is 5.17. The highest BCUT2D eigenvalue weighted by atomic mass is 32.1.